The van der Waals surface area contributed by atoms with Crippen LogP contribution >= 0.6 is 0 Å². The smallest absolute Gasteiger partial charge is 0.144 e. The van der Waals surface area contributed by atoms with Crippen LogP contribution < -0.4 is 4.74 Å². The Morgan fingerprint density at radius 1 is 1.32 bits per heavy atom. The molecule has 0 saturated heterocycles. The van der Waals surface area contributed by atoms with Crippen molar-refractivity contribution >= 4 is 11.8 Å². The number of rotatable bonds is 3. The van der Waals surface area contributed by atoms with Crippen molar-refractivity contribution in [3.63, 3.8) is 0 Å². The lowest BCUT2D eigenvalue weighted by Gasteiger charge is -2.04. The van der Waals surface area contributed by atoms with Crippen LogP contribution in [0.2, 0.25) is 0 Å². The molecule has 96 valence electrons. The Kier molecular flexibility index (Phi) is 2.83. The lowest BCUT2D eigenvalue weighted by molar-refractivity contribution is 0.414. The van der Waals surface area contributed by atoms with E-state index in [1.807, 2.05) is 43.5 Å². The molecular weight excluding hydrogens is 238 g/mol. The molecule has 2 N–H and O–H groups in total. The Morgan fingerprint density at radius 2 is 2.21 bits per heavy atom. The average molecular weight is 253 g/mol. The second-order valence-electron chi connectivity index (χ2n) is 4.36. The first-order chi connectivity index (χ1) is 9.29. The van der Waals surface area contributed by atoms with Gasteiger partial charge in [0, 0.05) is 24.1 Å². The zero-order chi connectivity index (χ0) is 13.2. The van der Waals surface area contributed by atoms with Crippen molar-refractivity contribution in [3.05, 3.63) is 47.9 Å². The van der Waals surface area contributed by atoms with Crippen LogP contribution in [-0.4, -0.2) is 23.3 Å². The number of hydrogen-bond acceptors (Lipinski definition) is 2. The van der Waals surface area contributed by atoms with Gasteiger partial charge >= 0.3 is 0 Å². The summed E-state index contributed by atoms with van der Waals surface area (Å²) in [5.74, 6) is 0.824. The lowest BCUT2D eigenvalue weighted by atomic mass is 10.1. The summed E-state index contributed by atoms with van der Waals surface area (Å²) in [5.41, 5.74) is 5.03. The van der Waals surface area contributed by atoms with E-state index in [0.717, 1.165) is 34.1 Å². The van der Waals surface area contributed by atoms with Gasteiger partial charge in [-0.05, 0) is 31.2 Å². The number of nitrogens with one attached hydrogen (secondary N) is 2. The normalized spacial score (nSPS) is 16.1. The van der Waals surface area contributed by atoms with Gasteiger partial charge in [0.05, 0.1) is 29.9 Å². The van der Waals surface area contributed by atoms with Crippen molar-refractivity contribution in [2.24, 2.45) is 4.99 Å². The summed E-state index contributed by atoms with van der Waals surface area (Å²) < 4.78 is 5.45. The summed E-state index contributed by atoms with van der Waals surface area (Å²) in [6, 6.07) is 5.98. The number of allylic oxidation sites excluding steroid dienone is 3. The van der Waals surface area contributed by atoms with Crippen LogP contribution in [0.5, 0.6) is 5.75 Å². The van der Waals surface area contributed by atoms with E-state index >= 15 is 0 Å². The molecule has 19 heavy (non-hydrogen) atoms. The van der Waals surface area contributed by atoms with E-state index in [9.17, 15) is 0 Å². The second-order valence-corrected chi connectivity index (χ2v) is 4.36. The summed E-state index contributed by atoms with van der Waals surface area (Å²) in [6.45, 7) is 2.04. The van der Waals surface area contributed by atoms with E-state index in [-0.39, 0.29) is 0 Å². The largest absolute Gasteiger partial charge is 0.494 e. The van der Waals surface area contributed by atoms with Gasteiger partial charge in [0.2, 0.25) is 0 Å². The first kappa shape index (κ1) is 11.6. The zero-order valence-electron chi connectivity index (χ0n) is 10.9. The Bertz CT molecular complexity index is 658. The van der Waals surface area contributed by atoms with Gasteiger partial charge in [0.25, 0.3) is 0 Å². The molecule has 1 aliphatic heterocycles. The molecule has 0 radical (unpaired) electrons. The van der Waals surface area contributed by atoms with Crippen LogP contribution in [0.15, 0.2) is 47.2 Å². The predicted molar refractivity (Wildman–Crippen MR) is 77.4 cm³/mol. The maximum atomic E-state index is 5.45. The fourth-order valence-electron chi connectivity index (χ4n) is 2.17. The quantitative estimate of drug-likeness (QED) is 0.865. The molecule has 3 heterocycles. The zero-order valence-corrected chi connectivity index (χ0v) is 10.9. The third-order valence-electron chi connectivity index (χ3n) is 3.20. The van der Waals surface area contributed by atoms with Crippen LogP contribution in [0, 0.1) is 0 Å². The summed E-state index contributed by atoms with van der Waals surface area (Å²) in [5, 5.41) is 0. The highest BCUT2D eigenvalue weighted by Gasteiger charge is 2.14. The molecular formula is C15H15N3O. The van der Waals surface area contributed by atoms with E-state index in [1.165, 1.54) is 0 Å². The summed E-state index contributed by atoms with van der Waals surface area (Å²) >= 11 is 0. The van der Waals surface area contributed by atoms with E-state index in [1.54, 1.807) is 13.3 Å². The monoisotopic (exact) mass is 253 g/mol. The van der Waals surface area contributed by atoms with Crippen LogP contribution in [0.1, 0.15) is 12.6 Å². The van der Waals surface area contributed by atoms with Gasteiger partial charge < -0.3 is 14.7 Å². The van der Waals surface area contributed by atoms with Crippen molar-refractivity contribution in [2.75, 3.05) is 7.11 Å². The van der Waals surface area contributed by atoms with Crippen molar-refractivity contribution in [3.8, 4) is 17.1 Å². The first-order valence-corrected chi connectivity index (χ1v) is 6.12. The Balaban J connectivity index is 2.09. The second kappa shape index (κ2) is 4.65. The highest BCUT2D eigenvalue weighted by atomic mass is 16.5. The van der Waals surface area contributed by atoms with Gasteiger partial charge in [-0.2, -0.15) is 0 Å². The number of hydrogen-bond donors (Lipinski definition) is 2. The molecule has 4 nitrogen and oxygen atoms in total. The molecule has 0 atom stereocenters. The molecule has 0 saturated carbocycles. The Morgan fingerprint density at radius 3 is 2.84 bits per heavy atom. The molecule has 0 amide bonds. The summed E-state index contributed by atoms with van der Waals surface area (Å²) in [7, 11) is 1.68. The molecule has 1 aliphatic rings. The van der Waals surface area contributed by atoms with E-state index < -0.39 is 0 Å². The van der Waals surface area contributed by atoms with Gasteiger partial charge in [0.1, 0.15) is 5.75 Å². The van der Waals surface area contributed by atoms with E-state index in [4.69, 9.17) is 4.74 Å². The highest BCUT2D eigenvalue weighted by molar-refractivity contribution is 5.83. The SMILES string of the molecule is COc1cc(-c2ccc[nH]2)[nH]c1/C(C)=C1/C=CC=N1. The third kappa shape index (κ3) is 2.01. The molecule has 0 aliphatic carbocycles. The van der Waals surface area contributed by atoms with Gasteiger partial charge in [-0.3, -0.25) is 4.99 Å². The fraction of sp³-hybridized carbons (Fsp3) is 0.133. The molecule has 4 heteroatoms. The molecule has 0 aromatic carbocycles. The van der Waals surface area contributed by atoms with Crippen molar-refractivity contribution in [1.82, 2.24) is 9.97 Å². The summed E-state index contributed by atoms with van der Waals surface area (Å²) in [6.07, 6.45) is 7.61. The minimum absolute atomic E-state index is 0.824. The lowest BCUT2D eigenvalue weighted by Crippen LogP contribution is -1.89. The van der Waals surface area contributed by atoms with E-state index in [0.29, 0.717) is 0 Å². The fourth-order valence-corrected chi connectivity index (χ4v) is 2.17. The number of methoxy groups -OCH3 is 1. The van der Waals surface area contributed by atoms with Crippen LogP contribution in [0.4, 0.5) is 0 Å². The highest BCUT2D eigenvalue weighted by Crippen LogP contribution is 2.33. The van der Waals surface area contributed by atoms with Gasteiger partial charge in [-0.15, -0.1) is 0 Å². The predicted octanol–water partition coefficient (Wildman–Crippen LogP) is 3.39. The Labute approximate surface area is 111 Å². The number of aliphatic imine (C=N–C) groups is 1. The molecule has 0 unspecified atom stereocenters. The third-order valence-corrected chi connectivity index (χ3v) is 3.20. The maximum absolute atomic E-state index is 5.45. The van der Waals surface area contributed by atoms with Gasteiger partial charge in [-0.1, -0.05) is 0 Å². The molecule has 0 bridgehead atoms. The van der Waals surface area contributed by atoms with E-state index in [2.05, 4.69) is 15.0 Å². The molecule has 3 rings (SSSR count). The standard InChI is InChI=1S/C15H15N3O/c1-10(11-5-3-7-16-11)15-14(19-2)9-13(18-15)12-6-4-8-17-12/h3-9,17-18H,1-2H3/b11-10-. The van der Waals surface area contributed by atoms with Crippen molar-refractivity contribution in [2.45, 2.75) is 6.92 Å². The molecule has 0 spiro atoms. The number of aromatic amines is 2. The topological polar surface area (TPSA) is 53.2 Å². The molecule has 2 aromatic heterocycles. The van der Waals surface area contributed by atoms with Crippen molar-refractivity contribution < 1.29 is 4.74 Å². The number of aromatic nitrogens is 2. The number of ether oxygens (including phenoxy) is 1. The average Bonchev–Trinajstić information content (AvgIpc) is 3.16. The van der Waals surface area contributed by atoms with Crippen LogP contribution in [0.3, 0.4) is 0 Å². The van der Waals surface area contributed by atoms with Gasteiger partial charge in [-0.25, -0.2) is 0 Å². The Hall–Kier alpha value is -2.49. The molecule has 0 fully saturated rings. The maximum Gasteiger partial charge on any atom is 0.144 e. The minimum atomic E-state index is 0.824. The molecule has 2 aromatic rings. The first-order valence-electron chi connectivity index (χ1n) is 6.12. The number of H-pyrrole nitrogens is 2. The number of nitrogens with zero attached hydrogens (tertiary/aromatic N) is 1. The summed E-state index contributed by atoms with van der Waals surface area (Å²) in [4.78, 5) is 10.9. The van der Waals surface area contributed by atoms with Crippen LogP contribution in [-0.2, 0) is 0 Å². The van der Waals surface area contributed by atoms with Crippen molar-refractivity contribution in [1.29, 1.82) is 0 Å². The van der Waals surface area contributed by atoms with Crippen LogP contribution in [0.25, 0.3) is 17.0 Å². The van der Waals surface area contributed by atoms with Gasteiger partial charge in [0.15, 0.2) is 0 Å². The minimum Gasteiger partial charge on any atom is -0.494 e.